The maximum Gasteiger partial charge on any atom is 0.235 e. The molecule has 0 spiro atoms. The van der Waals surface area contributed by atoms with Gasteiger partial charge in [-0.2, -0.15) is 5.26 Å². The molecule has 1 aliphatic rings. The number of imidazole rings is 1. The first-order valence-electron chi connectivity index (χ1n) is 9.42. The SMILES string of the molecule is CCc1cc(S[C@H](C)C(=O)N2CCCC2)n2c(nc3ccccc32)c1C#N. The summed E-state index contributed by atoms with van der Waals surface area (Å²) >= 11 is 1.56. The molecule has 2 aromatic heterocycles. The molecule has 27 heavy (non-hydrogen) atoms. The van der Waals surface area contributed by atoms with Gasteiger partial charge < -0.3 is 4.90 Å². The van der Waals surface area contributed by atoms with Crippen molar-refractivity contribution < 1.29 is 4.79 Å². The van der Waals surface area contributed by atoms with Crippen molar-refractivity contribution in [2.24, 2.45) is 0 Å². The van der Waals surface area contributed by atoms with Crippen molar-refractivity contribution in [2.75, 3.05) is 13.1 Å². The predicted molar refractivity (Wildman–Crippen MR) is 108 cm³/mol. The van der Waals surface area contributed by atoms with Crippen LogP contribution in [0.1, 0.15) is 37.8 Å². The molecule has 3 aromatic rings. The quantitative estimate of drug-likeness (QED) is 0.643. The topological polar surface area (TPSA) is 61.4 Å². The van der Waals surface area contributed by atoms with Crippen LogP contribution in [0.15, 0.2) is 35.4 Å². The summed E-state index contributed by atoms with van der Waals surface area (Å²) in [4.78, 5) is 19.5. The van der Waals surface area contributed by atoms with Gasteiger partial charge in [-0.1, -0.05) is 30.8 Å². The Morgan fingerprint density at radius 1 is 1.33 bits per heavy atom. The van der Waals surface area contributed by atoms with Crippen LogP contribution in [-0.4, -0.2) is 38.5 Å². The number of pyridine rings is 1. The summed E-state index contributed by atoms with van der Waals surface area (Å²) in [5.41, 5.74) is 4.11. The molecule has 138 valence electrons. The van der Waals surface area contributed by atoms with Crippen LogP contribution < -0.4 is 0 Å². The lowest BCUT2D eigenvalue weighted by atomic mass is 10.1. The number of amides is 1. The van der Waals surface area contributed by atoms with E-state index in [-0.39, 0.29) is 11.2 Å². The average molecular weight is 379 g/mol. The summed E-state index contributed by atoms with van der Waals surface area (Å²) in [6, 6.07) is 12.3. The number of nitriles is 1. The van der Waals surface area contributed by atoms with Crippen molar-refractivity contribution >= 4 is 34.3 Å². The first kappa shape index (κ1) is 17.9. The van der Waals surface area contributed by atoms with E-state index in [0.717, 1.165) is 54.0 Å². The fraction of sp³-hybridized carbons (Fsp3) is 0.381. The van der Waals surface area contributed by atoms with Crippen LogP contribution in [0, 0.1) is 11.3 Å². The van der Waals surface area contributed by atoms with Crippen molar-refractivity contribution in [1.82, 2.24) is 14.3 Å². The molecule has 1 fully saturated rings. The van der Waals surface area contributed by atoms with Crippen molar-refractivity contribution in [3.8, 4) is 6.07 Å². The molecule has 0 saturated carbocycles. The van der Waals surface area contributed by atoms with E-state index in [1.165, 1.54) is 0 Å². The molecule has 0 bridgehead atoms. The predicted octanol–water partition coefficient (Wildman–Crippen LogP) is 4.02. The van der Waals surface area contributed by atoms with Gasteiger partial charge in [0.1, 0.15) is 6.07 Å². The van der Waals surface area contributed by atoms with Gasteiger partial charge in [-0.3, -0.25) is 9.20 Å². The zero-order valence-electron chi connectivity index (χ0n) is 15.6. The maximum absolute atomic E-state index is 12.8. The molecule has 5 nitrogen and oxygen atoms in total. The van der Waals surface area contributed by atoms with E-state index in [4.69, 9.17) is 4.98 Å². The van der Waals surface area contributed by atoms with Crippen LogP contribution in [0.3, 0.4) is 0 Å². The number of para-hydroxylation sites is 2. The molecule has 6 heteroatoms. The molecule has 0 unspecified atom stereocenters. The minimum Gasteiger partial charge on any atom is -0.342 e. The number of benzene rings is 1. The molecule has 1 amide bonds. The summed E-state index contributed by atoms with van der Waals surface area (Å²) in [6.45, 7) is 5.74. The number of aryl methyl sites for hydroxylation is 1. The van der Waals surface area contributed by atoms with E-state index in [2.05, 4.69) is 12.1 Å². The molecule has 0 radical (unpaired) electrons. The van der Waals surface area contributed by atoms with Crippen LogP contribution in [0.25, 0.3) is 16.7 Å². The van der Waals surface area contributed by atoms with Crippen LogP contribution in [-0.2, 0) is 11.2 Å². The van der Waals surface area contributed by atoms with Crippen molar-refractivity contribution in [2.45, 2.75) is 43.4 Å². The normalized spacial score (nSPS) is 15.4. The molecule has 1 aromatic carbocycles. The van der Waals surface area contributed by atoms with Crippen molar-refractivity contribution in [1.29, 1.82) is 5.26 Å². The summed E-state index contributed by atoms with van der Waals surface area (Å²) < 4.78 is 2.03. The molecule has 0 N–H and O–H groups in total. The Kier molecular flexibility index (Phi) is 4.79. The Morgan fingerprint density at radius 3 is 2.78 bits per heavy atom. The second-order valence-electron chi connectivity index (χ2n) is 6.90. The van der Waals surface area contributed by atoms with Crippen molar-refractivity contribution in [3.63, 3.8) is 0 Å². The number of hydrogen-bond acceptors (Lipinski definition) is 4. The monoisotopic (exact) mass is 378 g/mol. The minimum absolute atomic E-state index is 0.176. The number of fused-ring (bicyclic) bond motifs is 3. The Hall–Kier alpha value is -2.52. The number of rotatable bonds is 4. The fourth-order valence-corrected chi connectivity index (χ4v) is 4.87. The summed E-state index contributed by atoms with van der Waals surface area (Å²) in [5.74, 6) is 0.192. The van der Waals surface area contributed by atoms with E-state index in [0.29, 0.717) is 11.2 Å². The third-order valence-corrected chi connectivity index (χ3v) is 6.28. The minimum atomic E-state index is -0.176. The smallest absolute Gasteiger partial charge is 0.235 e. The van der Waals surface area contributed by atoms with E-state index in [1.54, 1.807) is 11.8 Å². The van der Waals surface area contributed by atoms with E-state index in [9.17, 15) is 10.1 Å². The highest BCUT2D eigenvalue weighted by atomic mass is 32.2. The van der Waals surface area contributed by atoms with Gasteiger partial charge in [-0.05, 0) is 49.9 Å². The molecular formula is C21H22N4OS. The second kappa shape index (κ2) is 7.24. The fourth-order valence-electron chi connectivity index (χ4n) is 3.76. The van der Waals surface area contributed by atoms with Crippen LogP contribution in [0.2, 0.25) is 0 Å². The van der Waals surface area contributed by atoms with E-state index >= 15 is 0 Å². The first-order chi connectivity index (χ1) is 13.1. The largest absolute Gasteiger partial charge is 0.342 e. The number of carbonyl (C=O) groups is 1. The van der Waals surface area contributed by atoms with Gasteiger partial charge in [-0.15, -0.1) is 0 Å². The number of thioether (sulfide) groups is 1. The van der Waals surface area contributed by atoms with E-state index in [1.807, 2.05) is 47.4 Å². The zero-order chi connectivity index (χ0) is 19.0. The third-order valence-electron chi connectivity index (χ3n) is 5.18. The molecule has 0 aliphatic carbocycles. The number of aromatic nitrogens is 2. The van der Waals surface area contributed by atoms with Gasteiger partial charge in [0.25, 0.3) is 0 Å². The van der Waals surface area contributed by atoms with Gasteiger partial charge >= 0.3 is 0 Å². The molecular weight excluding hydrogens is 356 g/mol. The lowest BCUT2D eigenvalue weighted by Gasteiger charge is -2.21. The van der Waals surface area contributed by atoms with E-state index < -0.39 is 0 Å². The number of carbonyl (C=O) groups excluding carboxylic acids is 1. The molecule has 1 atom stereocenters. The molecule has 3 heterocycles. The Morgan fingerprint density at radius 2 is 2.07 bits per heavy atom. The first-order valence-corrected chi connectivity index (χ1v) is 10.3. The zero-order valence-corrected chi connectivity index (χ0v) is 16.4. The lowest BCUT2D eigenvalue weighted by Crippen LogP contribution is -2.34. The molecule has 1 aliphatic heterocycles. The summed E-state index contributed by atoms with van der Waals surface area (Å²) in [6.07, 6.45) is 2.94. The number of hydrogen-bond donors (Lipinski definition) is 0. The number of nitrogens with zero attached hydrogens (tertiary/aromatic N) is 4. The van der Waals surface area contributed by atoms with Gasteiger partial charge in [0.15, 0.2) is 5.65 Å². The van der Waals surface area contributed by atoms with Gasteiger partial charge in [0.05, 0.1) is 26.9 Å². The number of likely N-dealkylation sites (tertiary alicyclic amines) is 1. The highest BCUT2D eigenvalue weighted by molar-refractivity contribution is 8.00. The Bertz CT molecular complexity index is 1060. The molecule has 4 rings (SSSR count). The van der Waals surface area contributed by atoms with Crippen LogP contribution in [0.4, 0.5) is 0 Å². The standard InChI is InChI=1S/C21H22N4OS/c1-3-15-12-19(27-14(2)21(26)24-10-6-7-11-24)25-18-9-5-4-8-17(18)23-20(25)16(15)13-22/h4-5,8-9,12,14H,3,6-7,10-11H2,1-2H3/t14-/m1/s1. The average Bonchev–Trinajstić information content (AvgIpc) is 3.34. The van der Waals surface area contributed by atoms with Crippen LogP contribution in [0.5, 0.6) is 0 Å². The van der Waals surface area contributed by atoms with Crippen LogP contribution >= 0.6 is 11.8 Å². The van der Waals surface area contributed by atoms with Gasteiger partial charge in [0.2, 0.25) is 5.91 Å². The third kappa shape index (κ3) is 3.06. The molecule has 1 saturated heterocycles. The van der Waals surface area contributed by atoms with Gasteiger partial charge in [0, 0.05) is 13.1 Å². The highest BCUT2D eigenvalue weighted by Gasteiger charge is 2.26. The maximum atomic E-state index is 12.8. The Labute approximate surface area is 163 Å². The highest BCUT2D eigenvalue weighted by Crippen LogP contribution is 2.32. The summed E-state index contributed by atoms with van der Waals surface area (Å²) in [7, 11) is 0. The Balaban J connectivity index is 1.84. The second-order valence-corrected chi connectivity index (χ2v) is 8.26. The van der Waals surface area contributed by atoms with Crippen molar-refractivity contribution in [3.05, 3.63) is 41.5 Å². The summed E-state index contributed by atoms with van der Waals surface area (Å²) in [5, 5.41) is 10.5. The lowest BCUT2D eigenvalue weighted by molar-refractivity contribution is -0.129. The van der Waals surface area contributed by atoms with Gasteiger partial charge in [-0.25, -0.2) is 4.98 Å².